The number of alkyl halides is 1. The van der Waals surface area contributed by atoms with Crippen molar-refractivity contribution in [2.24, 2.45) is 0 Å². The minimum absolute atomic E-state index is 0.622. The zero-order valence-electron chi connectivity index (χ0n) is 6.63. The van der Waals surface area contributed by atoms with E-state index in [0.29, 0.717) is 0 Å². The van der Waals surface area contributed by atoms with Gasteiger partial charge in [0.1, 0.15) is 5.60 Å². The van der Waals surface area contributed by atoms with Crippen LogP contribution in [-0.2, 0) is 14.4 Å². The Morgan fingerprint density at radius 3 is 2.27 bits per heavy atom. The molecule has 5 heteroatoms. The first-order chi connectivity index (χ1) is 4.87. The van der Waals surface area contributed by atoms with E-state index >= 15 is 0 Å². The van der Waals surface area contributed by atoms with E-state index in [9.17, 15) is 4.79 Å². The lowest BCUT2D eigenvalue weighted by molar-refractivity contribution is -0.260. The van der Waals surface area contributed by atoms with E-state index in [1.54, 1.807) is 20.8 Å². The average Bonchev–Trinajstić information content (AvgIpc) is 1.82. The molecule has 0 amide bonds. The van der Waals surface area contributed by atoms with Crippen LogP contribution in [0.5, 0.6) is 0 Å². The summed E-state index contributed by atoms with van der Waals surface area (Å²) in [7, 11) is 0. The summed E-state index contributed by atoms with van der Waals surface area (Å²) in [6.07, 6.45) is 0. The first-order valence-electron chi connectivity index (χ1n) is 3.04. The molecule has 0 radical (unpaired) electrons. The van der Waals surface area contributed by atoms with Crippen LogP contribution in [0.1, 0.15) is 20.8 Å². The Kier molecular flexibility index (Phi) is 3.78. The van der Waals surface area contributed by atoms with Gasteiger partial charge in [0.05, 0.1) is 0 Å². The zero-order chi connectivity index (χ0) is 9.07. The molecule has 4 nitrogen and oxygen atoms in total. The van der Waals surface area contributed by atoms with Crippen LogP contribution in [0.4, 0.5) is 0 Å². The van der Waals surface area contributed by atoms with Gasteiger partial charge in [-0.05, 0) is 20.8 Å². The summed E-state index contributed by atoms with van der Waals surface area (Å²) in [5.74, 6) is -0.804. The van der Waals surface area contributed by atoms with E-state index in [2.05, 4.69) is 4.89 Å². The number of carbonyl (C=O) groups is 1. The SMILES string of the molecule is CC(C)(C)OC(=O)C(Cl)OO. The highest BCUT2D eigenvalue weighted by Gasteiger charge is 2.23. The number of ether oxygens (including phenoxy) is 1. The molecule has 1 unspecified atom stereocenters. The lowest BCUT2D eigenvalue weighted by atomic mass is 10.2. The Hall–Kier alpha value is -0.320. The second kappa shape index (κ2) is 3.90. The number of carbonyl (C=O) groups excluding carboxylic acids is 1. The Bertz CT molecular complexity index is 140. The number of hydrogen-bond donors (Lipinski definition) is 1. The first-order valence-corrected chi connectivity index (χ1v) is 3.47. The predicted molar refractivity (Wildman–Crippen MR) is 39.2 cm³/mol. The quantitative estimate of drug-likeness (QED) is 0.303. The van der Waals surface area contributed by atoms with Gasteiger partial charge in [-0.3, -0.25) is 0 Å². The van der Waals surface area contributed by atoms with Gasteiger partial charge in [-0.25, -0.2) is 14.9 Å². The van der Waals surface area contributed by atoms with Gasteiger partial charge in [0.2, 0.25) is 0 Å². The number of halogens is 1. The molecular formula is C6H11ClO4. The molecule has 0 aromatic rings. The van der Waals surface area contributed by atoms with Crippen molar-refractivity contribution in [2.75, 3.05) is 0 Å². The third-order valence-corrected chi connectivity index (χ3v) is 0.942. The van der Waals surface area contributed by atoms with Crippen LogP contribution in [0.15, 0.2) is 0 Å². The largest absolute Gasteiger partial charge is 0.457 e. The van der Waals surface area contributed by atoms with Crippen LogP contribution in [0, 0.1) is 0 Å². The maximum Gasteiger partial charge on any atom is 0.354 e. The summed E-state index contributed by atoms with van der Waals surface area (Å²) >= 11 is 5.18. The van der Waals surface area contributed by atoms with E-state index in [1.807, 2.05) is 0 Å². The van der Waals surface area contributed by atoms with Gasteiger partial charge in [0.25, 0.3) is 5.56 Å². The number of hydrogen-bond acceptors (Lipinski definition) is 4. The molecule has 11 heavy (non-hydrogen) atoms. The molecule has 0 saturated heterocycles. The maximum absolute atomic E-state index is 10.8. The van der Waals surface area contributed by atoms with E-state index in [4.69, 9.17) is 21.6 Å². The van der Waals surface area contributed by atoms with Gasteiger partial charge >= 0.3 is 5.97 Å². The Balaban J connectivity index is 3.88. The van der Waals surface area contributed by atoms with Crippen molar-refractivity contribution < 1.29 is 19.7 Å². The van der Waals surface area contributed by atoms with Gasteiger partial charge in [0.15, 0.2) is 0 Å². The molecule has 66 valence electrons. The van der Waals surface area contributed by atoms with Crippen molar-refractivity contribution in [1.82, 2.24) is 0 Å². The summed E-state index contributed by atoms with van der Waals surface area (Å²) in [6.45, 7) is 5.06. The molecule has 0 spiro atoms. The highest BCUT2D eigenvalue weighted by atomic mass is 35.5. The molecule has 0 fully saturated rings. The van der Waals surface area contributed by atoms with Gasteiger partial charge < -0.3 is 4.74 Å². The van der Waals surface area contributed by atoms with E-state index in [-0.39, 0.29) is 0 Å². The minimum atomic E-state index is -1.45. The summed E-state index contributed by atoms with van der Waals surface area (Å²) < 4.78 is 4.73. The fraction of sp³-hybridized carbons (Fsp3) is 0.833. The van der Waals surface area contributed by atoms with Crippen molar-refractivity contribution >= 4 is 17.6 Å². The smallest absolute Gasteiger partial charge is 0.354 e. The van der Waals surface area contributed by atoms with Crippen LogP contribution in [-0.4, -0.2) is 22.4 Å². The summed E-state index contributed by atoms with van der Waals surface area (Å²) in [5.41, 5.74) is -2.07. The van der Waals surface area contributed by atoms with Crippen molar-refractivity contribution in [3.05, 3.63) is 0 Å². The molecule has 0 aromatic carbocycles. The zero-order valence-corrected chi connectivity index (χ0v) is 7.38. The first kappa shape index (κ1) is 10.7. The van der Waals surface area contributed by atoms with Crippen LogP contribution in [0.3, 0.4) is 0 Å². The Labute approximate surface area is 70.0 Å². The maximum atomic E-state index is 10.8. The third kappa shape index (κ3) is 5.01. The van der Waals surface area contributed by atoms with Gasteiger partial charge in [0, 0.05) is 0 Å². The van der Waals surface area contributed by atoms with Gasteiger partial charge in [-0.2, -0.15) is 0 Å². The second-order valence-corrected chi connectivity index (χ2v) is 3.35. The monoisotopic (exact) mass is 182 g/mol. The third-order valence-electron chi connectivity index (χ3n) is 0.685. The highest BCUT2D eigenvalue weighted by Crippen LogP contribution is 2.10. The standard InChI is InChI=1S/C6H11ClO4/c1-6(2,3)10-5(8)4(7)11-9/h4,9H,1-3H3. The molecule has 0 rings (SSSR count). The number of esters is 1. The second-order valence-electron chi connectivity index (χ2n) is 2.95. The van der Waals surface area contributed by atoms with E-state index in [1.165, 1.54) is 0 Å². The van der Waals surface area contributed by atoms with Gasteiger partial charge in [-0.15, -0.1) is 0 Å². The van der Waals surface area contributed by atoms with Crippen LogP contribution >= 0.6 is 11.6 Å². The van der Waals surface area contributed by atoms with Crippen LogP contribution in [0.25, 0.3) is 0 Å². The van der Waals surface area contributed by atoms with E-state index < -0.39 is 17.1 Å². The molecule has 0 aromatic heterocycles. The molecule has 0 bridgehead atoms. The fourth-order valence-corrected chi connectivity index (χ4v) is 0.436. The lowest BCUT2D eigenvalue weighted by Crippen LogP contribution is -2.30. The minimum Gasteiger partial charge on any atom is -0.457 e. The van der Waals surface area contributed by atoms with Crippen molar-refractivity contribution in [1.29, 1.82) is 0 Å². The molecule has 1 atom stereocenters. The molecular weight excluding hydrogens is 172 g/mol. The van der Waals surface area contributed by atoms with Crippen LogP contribution in [0.2, 0.25) is 0 Å². The molecule has 0 aliphatic heterocycles. The Morgan fingerprint density at radius 2 is 2.00 bits per heavy atom. The number of rotatable bonds is 2. The molecule has 0 heterocycles. The summed E-state index contributed by atoms with van der Waals surface area (Å²) in [6, 6.07) is 0. The average molecular weight is 183 g/mol. The van der Waals surface area contributed by atoms with Crippen molar-refractivity contribution in [3.8, 4) is 0 Å². The highest BCUT2D eigenvalue weighted by molar-refractivity contribution is 6.28. The van der Waals surface area contributed by atoms with Crippen molar-refractivity contribution in [2.45, 2.75) is 31.9 Å². The summed E-state index contributed by atoms with van der Waals surface area (Å²) in [5, 5.41) is 7.97. The molecule has 1 N–H and O–H groups in total. The Morgan fingerprint density at radius 1 is 1.55 bits per heavy atom. The van der Waals surface area contributed by atoms with E-state index in [0.717, 1.165) is 0 Å². The summed E-state index contributed by atoms with van der Waals surface area (Å²) in [4.78, 5) is 14.3. The van der Waals surface area contributed by atoms with Crippen molar-refractivity contribution in [3.63, 3.8) is 0 Å². The predicted octanol–water partition coefficient (Wildman–Crippen LogP) is 1.38. The topological polar surface area (TPSA) is 55.8 Å². The van der Waals surface area contributed by atoms with Gasteiger partial charge in [-0.1, -0.05) is 11.6 Å². The van der Waals surface area contributed by atoms with Crippen LogP contribution < -0.4 is 0 Å². The molecule has 0 aliphatic carbocycles. The normalized spacial score (nSPS) is 14.3. The fourth-order valence-electron chi connectivity index (χ4n) is 0.391. The lowest BCUT2D eigenvalue weighted by Gasteiger charge is -2.20. The molecule has 0 aliphatic rings. The molecule has 0 saturated carbocycles.